The number of rotatable bonds is 11. The highest BCUT2D eigenvalue weighted by atomic mass is 16.6. The molecule has 0 bridgehead atoms. The summed E-state index contributed by atoms with van der Waals surface area (Å²) in [6, 6.07) is 7.15. The van der Waals surface area contributed by atoms with Crippen molar-refractivity contribution >= 4 is 29.6 Å². The molecule has 0 N–H and O–H groups in total. The van der Waals surface area contributed by atoms with Gasteiger partial charge >= 0.3 is 23.9 Å². The molecule has 2 aliphatic rings. The Morgan fingerprint density at radius 2 is 1.39 bits per heavy atom. The lowest BCUT2D eigenvalue weighted by molar-refractivity contribution is -0.173. The van der Waals surface area contributed by atoms with Gasteiger partial charge in [0.1, 0.15) is 0 Å². The smallest absolute Gasteiger partial charge is 0.325 e. The molecule has 36 heavy (non-hydrogen) atoms. The van der Waals surface area contributed by atoms with E-state index < -0.39 is 46.7 Å². The number of ether oxygens (including phenoxy) is 4. The fourth-order valence-corrected chi connectivity index (χ4v) is 5.88. The van der Waals surface area contributed by atoms with Gasteiger partial charge in [-0.15, -0.1) is 0 Å². The van der Waals surface area contributed by atoms with Crippen molar-refractivity contribution in [2.45, 2.75) is 65.3 Å². The Morgan fingerprint density at radius 1 is 0.861 bits per heavy atom. The molecule has 0 aromatic heterocycles. The fourth-order valence-electron chi connectivity index (χ4n) is 5.88. The highest BCUT2D eigenvalue weighted by Gasteiger charge is 2.70. The third-order valence-electron chi connectivity index (χ3n) is 7.33. The Balaban J connectivity index is 2.07. The first-order chi connectivity index (χ1) is 17.2. The van der Waals surface area contributed by atoms with Crippen molar-refractivity contribution in [3.63, 3.8) is 0 Å². The minimum Gasteiger partial charge on any atom is -0.465 e. The number of benzene rings is 1. The van der Waals surface area contributed by atoms with Crippen LogP contribution in [0.25, 0.3) is 0 Å². The third kappa shape index (κ3) is 4.55. The van der Waals surface area contributed by atoms with Crippen molar-refractivity contribution in [3.8, 4) is 0 Å². The molecular weight excluding hydrogens is 466 g/mol. The van der Waals surface area contributed by atoms with Crippen LogP contribution in [0.3, 0.4) is 0 Å². The Morgan fingerprint density at radius 3 is 1.92 bits per heavy atom. The van der Waals surface area contributed by atoms with Gasteiger partial charge in [0.25, 0.3) is 0 Å². The summed E-state index contributed by atoms with van der Waals surface area (Å²) in [4.78, 5) is 54.2. The standard InChI is InChI=1S/C27H37NO8/c1-6-33-21(29)18(22(30)34-7-2)14-17-28-20-13-11-10-12-19(20)26(5)15-16-27(23(26)28,24(31)35-8-3)25(32)36-9-4/h10-13,18,23H,6-9,14-17H2,1-5H3/t23-,26+/m1/s1. The first kappa shape index (κ1) is 27.5. The average molecular weight is 504 g/mol. The van der Waals surface area contributed by atoms with Crippen LogP contribution in [0, 0.1) is 11.3 Å². The lowest BCUT2D eigenvalue weighted by Gasteiger charge is -2.40. The number of nitrogens with zero attached hydrogens (tertiary/aromatic N) is 1. The number of hydrogen-bond acceptors (Lipinski definition) is 9. The van der Waals surface area contributed by atoms with Crippen LogP contribution in [-0.2, 0) is 43.5 Å². The summed E-state index contributed by atoms with van der Waals surface area (Å²) in [5, 5.41) is 0. The molecule has 1 heterocycles. The first-order valence-corrected chi connectivity index (χ1v) is 12.8. The van der Waals surface area contributed by atoms with Crippen molar-refractivity contribution in [2.24, 2.45) is 11.3 Å². The molecule has 1 aromatic carbocycles. The zero-order valence-corrected chi connectivity index (χ0v) is 21.8. The average Bonchev–Trinajstić information content (AvgIpc) is 3.29. The van der Waals surface area contributed by atoms with Gasteiger partial charge in [-0.1, -0.05) is 25.1 Å². The molecule has 0 saturated heterocycles. The molecule has 198 valence electrons. The van der Waals surface area contributed by atoms with Crippen LogP contribution in [0.1, 0.15) is 59.4 Å². The maximum absolute atomic E-state index is 13.5. The van der Waals surface area contributed by atoms with Crippen molar-refractivity contribution in [3.05, 3.63) is 29.8 Å². The summed E-state index contributed by atoms with van der Waals surface area (Å²) in [6.45, 7) is 9.55. The van der Waals surface area contributed by atoms with Gasteiger partial charge in [0.2, 0.25) is 0 Å². The van der Waals surface area contributed by atoms with E-state index in [9.17, 15) is 19.2 Å². The van der Waals surface area contributed by atoms with Crippen LogP contribution in [0.5, 0.6) is 0 Å². The molecule has 1 saturated carbocycles. The summed E-state index contributed by atoms with van der Waals surface area (Å²) in [6.07, 6.45) is 0.943. The molecule has 1 fully saturated rings. The molecule has 9 heteroatoms. The van der Waals surface area contributed by atoms with E-state index in [4.69, 9.17) is 18.9 Å². The Hall–Kier alpha value is -3.10. The molecule has 3 rings (SSSR count). The number of carbonyl (C=O) groups is 4. The molecule has 1 aliphatic heterocycles. The Labute approximate surface area is 212 Å². The first-order valence-electron chi connectivity index (χ1n) is 12.8. The Kier molecular flexibility index (Phi) is 8.63. The monoisotopic (exact) mass is 503 g/mol. The van der Waals surface area contributed by atoms with E-state index in [-0.39, 0.29) is 45.8 Å². The highest BCUT2D eigenvalue weighted by molar-refractivity contribution is 6.03. The predicted octanol–water partition coefficient (Wildman–Crippen LogP) is 3.17. The van der Waals surface area contributed by atoms with Crippen molar-refractivity contribution < 1.29 is 38.1 Å². The second-order valence-electron chi connectivity index (χ2n) is 9.29. The molecule has 0 unspecified atom stereocenters. The fraction of sp³-hybridized carbons (Fsp3) is 0.630. The minimum absolute atomic E-state index is 0.0975. The number of para-hydroxylation sites is 1. The van der Waals surface area contributed by atoms with Crippen molar-refractivity contribution in [2.75, 3.05) is 37.9 Å². The molecule has 1 aliphatic carbocycles. The number of esters is 4. The van der Waals surface area contributed by atoms with E-state index in [0.29, 0.717) is 6.42 Å². The number of carbonyl (C=O) groups excluding carboxylic acids is 4. The summed E-state index contributed by atoms with van der Waals surface area (Å²) >= 11 is 0. The van der Waals surface area contributed by atoms with Gasteiger partial charge in [0.05, 0.1) is 32.5 Å². The van der Waals surface area contributed by atoms with E-state index in [0.717, 1.165) is 11.3 Å². The van der Waals surface area contributed by atoms with Gasteiger partial charge in [-0.05, 0) is 58.6 Å². The topological polar surface area (TPSA) is 108 Å². The van der Waals surface area contributed by atoms with E-state index in [1.54, 1.807) is 27.7 Å². The maximum Gasteiger partial charge on any atom is 0.325 e. The second kappa shape index (κ2) is 11.3. The quantitative estimate of drug-likeness (QED) is 0.256. The lowest BCUT2D eigenvalue weighted by atomic mass is 9.73. The van der Waals surface area contributed by atoms with E-state index in [1.165, 1.54) is 0 Å². The minimum atomic E-state index is -1.54. The molecule has 9 nitrogen and oxygen atoms in total. The second-order valence-corrected chi connectivity index (χ2v) is 9.29. The van der Waals surface area contributed by atoms with Gasteiger partial charge in [0.15, 0.2) is 11.3 Å². The van der Waals surface area contributed by atoms with Crippen LogP contribution in [0.15, 0.2) is 24.3 Å². The van der Waals surface area contributed by atoms with Crippen LogP contribution >= 0.6 is 0 Å². The largest absolute Gasteiger partial charge is 0.465 e. The highest BCUT2D eigenvalue weighted by Crippen LogP contribution is 2.61. The summed E-state index contributed by atoms with van der Waals surface area (Å²) in [5.41, 5.74) is -0.216. The van der Waals surface area contributed by atoms with Gasteiger partial charge < -0.3 is 23.8 Å². The van der Waals surface area contributed by atoms with Gasteiger partial charge in [-0.3, -0.25) is 19.2 Å². The number of hydrogen-bond donors (Lipinski definition) is 0. The molecular formula is C27H37NO8. The zero-order valence-electron chi connectivity index (χ0n) is 21.8. The van der Waals surface area contributed by atoms with Crippen molar-refractivity contribution in [1.29, 1.82) is 0 Å². The zero-order chi connectivity index (χ0) is 26.5. The maximum atomic E-state index is 13.5. The van der Waals surface area contributed by atoms with Crippen LogP contribution < -0.4 is 4.90 Å². The van der Waals surface area contributed by atoms with Crippen LogP contribution in [-0.4, -0.2) is 62.9 Å². The summed E-state index contributed by atoms with van der Waals surface area (Å²) in [7, 11) is 0. The predicted molar refractivity (Wildman–Crippen MR) is 131 cm³/mol. The summed E-state index contributed by atoms with van der Waals surface area (Å²) < 4.78 is 21.2. The number of anilines is 1. The van der Waals surface area contributed by atoms with Gasteiger partial charge in [0, 0.05) is 17.6 Å². The Bertz CT molecular complexity index is 956. The normalized spacial score (nSPS) is 21.5. The van der Waals surface area contributed by atoms with E-state index >= 15 is 0 Å². The summed E-state index contributed by atoms with van der Waals surface area (Å²) in [5.74, 6) is -3.64. The van der Waals surface area contributed by atoms with Crippen molar-refractivity contribution in [1.82, 2.24) is 0 Å². The van der Waals surface area contributed by atoms with E-state index in [2.05, 4.69) is 0 Å². The third-order valence-corrected chi connectivity index (χ3v) is 7.33. The molecule has 0 radical (unpaired) electrons. The van der Waals surface area contributed by atoms with Crippen LogP contribution in [0.4, 0.5) is 5.69 Å². The van der Waals surface area contributed by atoms with Gasteiger partial charge in [-0.25, -0.2) is 0 Å². The lowest BCUT2D eigenvalue weighted by Crippen LogP contribution is -2.58. The molecule has 1 aromatic rings. The van der Waals surface area contributed by atoms with Gasteiger partial charge in [-0.2, -0.15) is 0 Å². The number of fused-ring (bicyclic) bond motifs is 3. The van der Waals surface area contributed by atoms with Crippen LogP contribution in [0.2, 0.25) is 0 Å². The SMILES string of the molecule is CCOC(=O)C(CCN1c2ccccc2[C@]2(C)CCC(C(=O)OCC)(C(=O)OCC)[C@H]12)C(=O)OCC. The molecule has 2 atom stereocenters. The molecule has 0 spiro atoms. The van der Waals surface area contributed by atoms with E-state index in [1.807, 2.05) is 36.1 Å². The molecule has 0 amide bonds.